The fraction of sp³-hybridized carbons (Fsp3) is 1.00. The Morgan fingerprint density at radius 3 is 1.17 bits per heavy atom. The molecular formula is C23H50. The van der Waals surface area contributed by atoms with Crippen LogP contribution in [0.25, 0.3) is 0 Å². The van der Waals surface area contributed by atoms with Gasteiger partial charge in [0.1, 0.15) is 0 Å². The average molecular weight is 327 g/mol. The van der Waals surface area contributed by atoms with Crippen LogP contribution in [0.15, 0.2) is 0 Å². The predicted molar refractivity (Wildman–Crippen MR) is 110 cm³/mol. The normalized spacial score (nSPS) is 21.8. The Morgan fingerprint density at radius 1 is 0.565 bits per heavy atom. The molecule has 0 heterocycles. The lowest BCUT2D eigenvalue weighted by Crippen LogP contribution is -2.35. The maximum absolute atomic E-state index is 2.50. The molecule has 0 spiro atoms. The summed E-state index contributed by atoms with van der Waals surface area (Å²) >= 11 is 0. The Morgan fingerprint density at radius 2 is 0.870 bits per heavy atom. The summed E-state index contributed by atoms with van der Waals surface area (Å²) in [5.41, 5.74) is 0.452. The zero-order valence-electron chi connectivity index (χ0n) is 17.8. The molecule has 0 aliphatic carbocycles. The van der Waals surface area contributed by atoms with Gasteiger partial charge in [-0.05, 0) is 52.8 Å². The molecule has 0 amide bonds. The first-order valence-electron chi connectivity index (χ1n) is 9.88. The van der Waals surface area contributed by atoms with Gasteiger partial charge < -0.3 is 0 Å². The molecule has 0 aliphatic rings. The number of hydrogen-bond donors (Lipinski definition) is 0. The zero-order chi connectivity index (χ0) is 17.8. The van der Waals surface area contributed by atoms with Gasteiger partial charge in [0.25, 0.3) is 0 Å². The Kier molecular flexibility index (Phi) is 11.1. The van der Waals surface area contributed by atoms with Crippen LogP contribution < -0.4 is 0 Å². The lowest BCUT2D eigenvalue weighted by molar-refractivity contribution is 0.0647. The van der Waals surface area contributed by atoms with E-state index in [1.54, 1.807) is 0 Å². The quantitative estimate of drug-likeness (QED) is 0.401. The standard InChI is InChI=1S/C22H46.CH4/c1-13-22(11,12)21(10)20(9)19(8)18(7)17(6)16(5)15(4)14(2)3;/h14-21H,13H2,1-12H3;1H4. The van der Waals surface area contributed by atoms with Crippen LogP contribution in [0.2, 0.25) is 0 Å². The third-order valence-corrected chi connectivity index (χ3v) is 8.13. The van der Waals surface area contributed by atoms with Gasteiger partial charge in [-0.3, -0.25) is 0 Å². The molecule has 0 nitrogen and oxygen atoms in total. The summed E-state index contributed by atoms with van der Waals surface area (Å²) in [7, 11) is 0. The third kappa shape index (κ3) is 6.43. The van der Waals surface area contributed by atoms with Crippen molar-refractivity contribution in [2.45, 2.75) is 96.9 Å². The van der Waals surface area contributed by atoms with Gasteiger partial charge in [0.2, 0.25) is 0 Å². The van der Waals surface area contributed by atoms with Crippen molar-refractivity contribution >= 4 is 0 Å². The van der Waals surface area contributed by atoms with Crippen LogP contribution in [0.5, 0.6) is 0 Å². The molecule has 7 unspecified atom stereocenters. The van der Waals surface area contributed by atoms with Gasteiger partial charge in [-0.2, -0.15) is 0 Å². The van der Waals surface area contributed by atoms with Crippen molar-refractivity contribution in [1.29, 1.82) is 0 Å². The molecule has 0 rings (SSSR count). The molecule has 0 bridgehead atoms. The molecule has 0 saturated heterocycles. The smallest absolute Gasteiger partial charge is 0.0329 e. The first-order valence-corrected chi connectivity index (χ1v) is 9.88. The van der Waals surface area contributed by atoms with E-state index in [-0.39, 0.29) is 7.43 Å². The second-order valence-corrected chi connectivity index (χ2v) is 9.53. The molecule has 0 aromatic carbocycles. The maximum Gasteiger partial charge on any atom is -0.0329 e. The minimum absolute atomic E-state index is 0. The summed E-state index contributed by atoms with van der Waals surface area (Å²) in [6.45, 7) is 29.3. The van der Waals surface area contributed by atoms with Gasteiger partial charge in [-0.15, -0.1) is 0 Å². The van der Waals surface area contributed by atoms with Crippen LogP contribution in [0.3, 0.4) is 0 Å². The molecule has 7 atom stereocenters. The second-order valence-electron chi connectivity index (χ2n) is 9.53. The van der Waals surface area contributed by atoms with Crippen LogP contribution >= 0.6 is 0 Å². The second kappa shape index (κ2) is 10.1. The molecule has 0 saturated carbocycles. The van der Waals surface area contributed by atoms with Gasteiger partial charge in [0.15, 0.2) is 0 Å². The summed E-state index contributed by atoms with van der Waals surface area (Å²) in [5.74, 6) is 6.35. The lowest BCUT2D eigenvalue weighted by Gasteiger charge is -2.42. The summed E-state index contributed by atoms with van der Waals surface area (Å²) in [5, 5.41) is 0. The molecule has 0 aliphatic heterocycles. The Labute approximate surface area is 150 Å². The van der Waals surface area contributed by atoms with E-state index in [0.29, 0.717) is 5.41 Å². The summed E-state index contributed by atoms with van der Waals surface area (Å²) < 4.78 is 0. The highest BCUT2D eigenvalue weighted by Gasteiger charge is 2.36. The molecule has 0 aromatic rings. The van der Waals surface area contributed by atoms with Crippen molar-refractivity contribution in [2.24, 2.45) is 52.8 Å². The molecule has 0 radical (unpaired) electrons. The SMILES string of the molecule is C.CCC(C)(C)C(C)C(C)C(C)C(C)C(C)C(C)C(C)C(C)C. The van der Waals surface area contributed by atoms with Gasteiger partial charge >= 0.3 is 0 Å². The fourth-order valence-electron chi connectivity index (χ4n) is 4.01. The van der Waals surface area contributed by atoms with Gasteiger partial charge in [-0.1, -0.05) is 96.9 Å². The van der Waals surface area contributed by atoms with E-state index < -0.39 is 0 Å². The van der Waals surface area contributed by atoms with Gasteiger partial charge in [0, 0.05) is 0 Å². The highest BCUT2D eigenvalue weighted by Crippen LogP contribution is 2.43. The van der Waals surface area contributed by atoms with Gasteiger partial charge in [0.05, 0.1) is 0 Å². The van der Waals surface area contributed by atoms with E-state index >= 15 is 0 Å². The molecule has 0 heteroatoms. The van der Waals surface area contributed by atoms with Crippen molar-refractivity contribution in [1.82, 2.24) is 0 Å². The summed E-state index contributed by atoms with van der Waals surface area (Å²) in [6, 6.07) is 0. The van der Waals surface area contributed by atoms with Crippen molar-refractivity contribution in [3.63, 3.8) is 0 Å². The fourth-order valence-corrected chi connectivity index (χ4v) is 4.01. The van der Waals surface area contributed by atoms with E-state index in [0.717, 1.165) is 47.3 Å². The van der Waals surface area contributed by atoms with Crippen LogP contribution in [0.4, 0.5) is 0 Å². The van der Waals surface area contributed by atoms with E-state index in [1.165, 1.54) is 6.42 Å². The Balaban J connectivity index is 0. The van der Waals surface area contributed by atoms with E-state index in [9.17, 15) is 0 Å². The molecule has 23 heavy (non-hydrogen) atoms. The van der Waals surface area contributed by atoms with Crippen LogP contribution in [0.1, 0.15) is 96.9 Å². The monoisotopic (exact) mass is 326 g/mol. The number of rotatable bonds is 9. The van der Waals surface area contributed by atoms with Crippen molar-refractivity contribution in [2.75, 3.05) is 0 Å². The summed E-state index contributed by atoms with van der Waals surface area (Å²) in [4.78, 5) is 0. The minimum atomic E-state index is 0. The predicted octanol–water partition coefficient (Wildman–Crippen LogP) is 8.17. The van der Waals surface area contributed by atoms with Crippen molar-refractivity contribution in [3.05, 3.63) is 0 Å². The van der Waals surface area contributed by atoms with Crippen LogP contribution in [-0.2, 0) is 0 Å². The molecule has 0 fully saturated rings. The average Bonchev–Trinajstić information content (AvgIpc) is 2.49. The summed E-state index contributed by atoms with van der Waals surface area (Å²) in [6.07, 6.45) is 1.27. The number of hydrogen-bond acceptors (Lipinski definition) is 0. The highest BCUT2D eigenvalue weighted by molar-refractivity contribution is 4.84. The Bertz CT molecular complexity index is 301. The highest BCUT2D eigenvalue weighted by atomic mass is 14.4. The molecule has 142 valence electrons. The van der Waals surface area contributed by atoms with E-state index in [2.05, 4.69) is 83.1 Å². The zero-order valence-corrected chi connectivity index (χ0v) is 17.8. The van der Waals surface area contributed by atoms with Crippen molar-refractivity contribution in [3.8, 4) is 0 Å². The van der Waals surface area contributed by atoms with E-state index in [1.807, 2.05) is 0 Å². The third-order valence-electron chi connectivity index (χ3n) is 8.13. The van der Waals surface area contributed by atoms with Crippen molar-refractivity contribution < 1.29 is 0 Å². The molecular weight excluding hydrogens is 276 g/mol. The molecule has 0 N–H and O–H groups in total. The van der Waals surface area contributed by atoms with E-state index in [4.69, 9.17) is 0 Å². The first kappa shape index (κ1) is 25.2. The molecule has 0 aromatic heterocycles. The maximum atomic E-state index is 2.50. The largest absolute Gasteiger partial charge is 0.0776 e. The van der Waals surface area contributed by atoms with Crippen LogP contribution in [0, 0.1) is 52.8 Å². The topological polar surface area (TPSA) is 0 Å². The minimum Gasteiger partial charge on any atom is -0.0776 e. The van der Waals surface area contributed by atoms with Gasteiger partial charge in [-0.25, -0.2) is 0 Å². The Hall–Kier alpha value is 0. The van der Waals surface area contributed by atoms with Crippen LogP contribution in [-0.4, -0.2) is 0 Å². The first-order chi connectivity index (χ1) is 9.88. The lowest BCUT2D eigenvalue weighted by atomic mass is 9.63.